The molecule has 0 saturated carbocycles. The van der Waals surface area contributed by atoms with E-state index < -0.39 is 0 Å². The number of nitrogens with zero attached hydrogens (tertiary/aromatic N) is 1. The minimum Gasteiger partial charge on any atom is -0.309 e. The molecule has 9 rings (SSSR count). The molecular formula is C40H25NS. The highest BCUT2D eigenvalue weighted by Crippen LogP contribution is 2.43. The first-order valence-corrected chi connectivity index (χ1v) is 15.2. The zero-order valence-electron chi connectivity index (χ0n) is 22.8. The molecule has 0 saturated heterocycles. The smallest absolute Gasteiger partial charge is 0.0548 e. The van der Waals surface area contributed by atoms with Crippen molar-refractivity contribution in [1.29, 1.82) is 0 Å². The third-order valence-corrected chi connectivity index (χ3v) is 9.75. The van der Waals surface area contributed by atoms with E-state index in [1.807, 2.05) is 11.3 Å². The van der Waals surface area contributed by atoms with Gasteiger partial charge in [-0.3, -0.25) is 0 Å². The highest BCUT2D eigenvalue weighted by Gasteiger charge is 2.17. The molecular weight excluding hydrogens is 527 g/mol. The predicted molar refractivity (Wildman–Crippen MR) is 182 cm³/mol. The van der Waals surface area contributed by atoms with E-state index in [1.165, 1.54) is 80.7 Å². The summed E-state index contributed by atoms with van der Waals surface area (Å²) in [6.45, 7) is 0. The summed E-state index contributed by atoms with van der Waals surface area (Å²) in [7, 11) is 0. The van der Waals surface area contributed by atoms with Crippen molar-refractivity contribution in [2.24, 2.45) is 0 Å². The number of rotatable bonds is 3. The molecule has 2 heteroatoms. The Balaban J connectivity index is 1.39. The fourth-order valence-electron chi connectivity index (χ4n) is 6.58. The Morgan fingerprint density at radius 1 is 0.381 bits per heavy atom. The van der Waals surface area contributed by atoms with Crippen LogP contribution in [-0.2, 0) is 0 Å². The average molecular weight is 552 g/mol. The molecule has 0 unspecified atom stereocenters. The monoisotopic (exact) mass is 551 g/mol. The van der Waals surface area contributed by atoms with Crippen LogP contribution in [0.5, 0.6) is 0 Å². The van der Waals surface area contributed by atoms with Gasteiger partial charge in [0.25, 0.3) is 0 Å². The summed E-state index contributed by atoms with van der Waals surface area (Å²) in [6, 6.07) is 55.4. The van der Waals surface area contributed by atoms with Gasteiger partial charge in [0, 0.05) is 36.6 Å². The Kier molecular flexibility index (Phi) is 5.13. The number of benzene rings is 7. The van der Waals surface area contributed by atoms with Gasteiger partial charge in [0.1, 0.15) is 0 Å². The lowest BCUT2D eigenvalue weighted by molar-refractivity contribution is 1.18. The molecule has 0 radical (unpaired) electrons. The van der Waals surface area contributed by atoms with Crippen LogP contribution in [0.2, 0.25) is 0 Å². The minimum absolute atomic E-state index is 1.17. The standard InChI is InChI=1S/C40H25NS/c1-3-11-26(12-4-1)29-21-30(27-13-5-2-6-14-27)23-31(22-29)41-37-18-10-9-17-33(37)35-25-39-36(24-38(35)41)34-20-19-28-15-7-8-16-32(28)40(34)42-39/h1-25H. The molecule has 2 heterocycles. The van der Waals surface area contributed by atoms with Crippen molar-refractivity contribution in [1.82, 2.24) is 4.57 Å². The molecule has 0 aliphatic heterocycles. The lowest BCUT2D eigenvalue weighted by Crippen LogP contribution is -1.96. The highest BCUT2D eigenvalue weighted by molar-refractivity contribution is 7.26. The van der Waals surface area contributed by atoms with E-state index >= 15 is 0 Å². The van der Waals surface area contributed by atoms with Gasteiger partial charge in [0.2, 0.25) is 0 Å². The Labute approximate surface area is 247 Å². The Hall–Kier alpha value is -5.18. The van der Waals surface area contributed by atoms with E-state index in [9.17, 15) is 0 Å². The number of thiophene rings is 1. The van der Waals surface area contributed by atoms with Crippen molar-refractivity contribution < 1.29 is 0 Å². The summed E-state index contributed by atoms with van der Waals surface area (Å²) < 4.78 is 5.16. The van der Waals surface area contributed by atoms with E-state index in [1.54, 1.807) is 0 Å². The third-order valence-electron chi connectivity index (χ3n) is 8.55. The summed E-state index contributed by atoms with van der Waals surface area (Å²) >= 11 is 1.91. The van der Waals surface area contributed by atoms with Gasteiger partial charge in [-0.15, -0.1) is 11.3 Å². The maximum absolute atomic E-state index is 2.47. The molecule has 0 aliphatic rings. The largest absolute Gasteiger partial charge is 0.309 e. The lowest BCUT2D eigenvalue weighted by Gasteiger charge is -2.14. The Morgan fingerprint density at radius 2 is 1.02 bits per heavy atom. The maximum Gasteiger partial charge on any atom is 0.0548 e. The predicted octanol–water partition coefficient (Wildman–Crippen LogP) is 11.6. The van der Waals surface area contributed by atoms with Crippen LogP contribution >= 0.6 is 11.3 Å². The first kappa shape index (κ1) is 23.5. The van der Waals surface area contributed by atoms with Crippen LogP contribution in [0.1, 0.15) is 0 Å². The molecule has 0 amide bonds. The number of para-hydroxylation sites is 1. The van der Waals surface area contributed by atoms with Gasteiger partial charge in [0.05, 0.1) is 11.0 Å². The molecule has 0 aliphatic carbocycles. The van der Waals surface area contributed by atoms with Crippen LogP contribution < -0.4 is 0 Å². The number of hydrogen-bond donors (Lipinski definition) is 0. The lowest BCUT2D eigenvalue weighted by atomic mass is 9.98. The van der Waals surface area contributed by atoms with Crippen LogP contribution in [0.4, 0.5) is 0 Å². The molecule has 0 fully saturated rings. The topological polar surface area (TPSA) is 4.93 Å². The number of aromatic nitrogens is 1. The van der Waals surface area contributed by atoms with Crippen LogP contribution in [0.3, 0.4) is 0 Å². The van der Waals surface area contributed by atoms with Crippen molar-refractivity contribution in [3.63, 3.8) is 0 Å². The normalized spacial score (nSPS) is 11.8. The summed E-state index contributed by atoms with van der Waals surface area (Å²) in [5, 5.41) is 7.84. The second-order valence-electron chi connectivity index (χ2n) is 11.0. The Bertz CT molecular complexity index is 2390. The molecule has 2 aromatic heterocycles. The van der Waals surface area contributed by atoms with E-state index in [-0.39, 0.29) is 0 Å². The fourth-order valence-corrected chi connectivity index (χ4v) is 7.84. The molecule has 7 aromatic carbocycles. The van der Waals surface area contributed by atoms with Crippen LogP contribution in [0.15, 0.2) is 152 Å². The van der Waals surface area contributed by atoms with Gasteiger partial charge in [-0.05, 0) is 69.4 Å². The maximum atomic E-state index is 2.47. The SMILES string of the molecule is c1ccc(-c2cc(-c3ccccc3)cc(-n3c4ccccc4c4cc5sc6c7ccccc7ccc6c5cc43)c2)cc1. The van der Waals surface area contributed by atoms with Crippen molar-refractivity contribution >= 4 is 64.1 Å². The van der Waals surface area contributed by atoms with E-state index in [2.05, 4.69) is 156 Å². The van der Waals surface area contributed by atoms with Crippen LogP contribution in [0, 0.1) is 0 Å². The average Bonchev–Trinajstić information content (AvgIpc) is 3.59. The fraction of sp³-hybridized carbons (Fsp3) is 0. The van der Waals surface area contributed by atoms with Crippen LogP contribution in [-0.4, -0.2) is 4.57 Å². The molecule has 9 aromatic rings. The van der Waals surface area contributed by atoms with Crippen LogP contribution in [0.25, 0.3) is 80.7 Å². The zero-order valence-corrected chi connectivity index (χ0v) is 23.6. The molecule has 42 heavy (non-hydrogen) atoms. The van der Waals surface area contributed by atoms with Crippen molar-refractivity contribution in [2.45, 2.75) is 0 Å². The van der Waals surface area contributed by atoms with Crippen molar-refractivity contribution in [3.05, 3.63) is 152 Å². The third kappa shape index (κ3) is 3.56. The van der Waals surface area contributed by atoms with Gasteiger partial charge < -0.3 is 4.57 Å². The molecule has 0 N–H and O–H groups in total. The summed E-state index contributed by atoms with van der Waals surface area (Å²) in [4.78, 5) is 0. The van der Waals surface area contributed by atoms with Gasteiger partial charge in [-0.1, -0.05) is 115 Å². The quantitative estimate of drug-likeness (QED) is 0.206. The highest BCUT2D eigenvalue weighted by atomic mass is 32.1. The van der Waals surface area contributed by atoms with Gasteiger partial charge in [-0.25, -0.2) is 0 Å². The van der Waals surface area contributed by atoms with E-state index in [4.69, 9.17) is 0 Å². The summed E-state index contributed by atoms with van der Waals surface area (Å²) in [5.41, 5.74) is 8.50. The van der Waals surface area contributed by atoms with Crippen molar-refractivity contribution in [3.8, 4) is 27.9 Å². The Morgan fingerprint density at radius 3 is 1.76 bits per heavy atom. The first-order chi connectivity index (χ1) is 20.8. The van der Waals surface area contributed by atoms with E-state index in [0.29, 0.717) is 0 Å². The first-order valence-electron chi connectivity index (χ1n) is 14.4. The molecule has 1 nitrogen and oxygen atoms in total. The second kappa shape index (κ2) is 9.17. The molecule has 0 spiro atoms. The number of hydrogen-bond acceptors (Lipinski definition) is 1. The number of fused-ring (bicyclic) bond motifs is 8. The zero-order chi connectivity index (χ0) is 27.6. The minimum atomic E-state index is 1.17. The van der Waals surface area contributed by atoms with Gasteiger partial charge >= 0.3 is 0 Å². The van der Waals surface area contributed by atoms with Gasteiger partial charge in [0.15, 0.2) is 0 Å². The summed E-state index contributed by atoms with van der Waals surface area (Å²) in [6.07, 6.45) is 0. The molecule has 196 valence electrons. The second-order valence-corrected chi connectivity index (χ2v) is 12.0. The van der Waals surface area contributed by atoms with E-state index in [0.717, 1.165) is 0 Å². The molecule has 0 atom stereocenters. The van der Waals surface area contributed by atoms with Gasteiger partial charge in [-0.2, -0.15) is 0 Å². The molecule has 0 bridgehead atoms. The van der Waals surface area contributed by atoms with Crippen molar-refractivity contribution in [2.75, 3.05) is 0 Å². The summed E-state index contributed by atoms with van der Waals surface area (Å²) in [5.74, 6) is 0.